The van der Waals surface area contributed by atoms with E-state index in [9.17, 15) is 4.79 Å². The number of Topliss-reactive ketones (excluding diaryl/α,β-unsaturated/α-hetero) is 1. The van der Waals surface area contributed by atoms with Gasteiger partial charge in [0, 0.05) is 16.3 Å². The summed E-state index contributed by atoms with van der Waals surface area (Å²) in [5.74, 6) is 0.940. The van der Waals surface area contributed by atoms with Gasteiger partial charge >= 0.3 is 0 Å². The van der Waals surface area contributed by atoms with E-state index in [-0.39, 0.29) is 5.78 Å². The minimum absolute atomic E-state index is 0.0903. The molecule has 1 aliphatic rings. The van der Waals surface area contributed by atoms with Crippen LogP contribution in [0.3, 0.4) is 0 Å². The Labute approximate surface area is 110 Å². The molecule has 0 unspecified atom stereocenters. The number of alkyl halides is 1. The Morgan fingerprint density at radius 3 is 2.41 bits per heavy atom. The lowest BCUT2D eigenvalue weighted by Gasteiger charge is -2.39. The summed E-state index contributed by atoms with van der Waals surface area (Å²) in [6.07, 6.45) is 3.78. The number of benzene rings is 1. The predicted octanol–water partition coefficient (Wildman–Crippen LogP) is 3.83. The molecular weight excluding hydrogens is 280 g/mol. The summed E-state index contributed by atoms with van der Waals surface area (Å²) in [7, 11) is 0. The first kappa shape index (κ1) is 12.6. The molecule has 2 rings (SSSR count). The van der Waals surface area contributed by atoms with Gasteiger partial charge in [-0.05, 0) is 44.0 Å². The number of hydrogen-bond donors (Lipinski definition) is 0. The van der Waals surface area contributed by atoms with Gasteiger partial charge in [0.1, 0.15) is 5.75 Å². The third-order valence-corrected chi connectivity index (χ3v) is 4.69. The van der Waals surface area contributed by atoms with Gasteiger partial charge in [0.15, 0.2) is 5.78 Å². The molecule has 92 valence electrons. The lowest BCUT2D eigenvalue weighted by Crippen LogP contribution is -2.37. The van der Waals surface area contributed by atoms with E-state index in [2.05, 4.69) is 15.9 Å². The van der Waals surface area contributed by atoms with Crippen LogP contribution in [0.2, 0.25) is 0 Å². The zero-order chi connectivity index (χ0) is 12.3. The highest BCUT2D eigenvalue weighted by atomic mass is 79.9. The SMILES string of the molecule is CC(=O)c1ccc(OCC2(CBr)CCC2)cc1. The highest BCUT2D eigenvalue weighted by molar-refractivity contribution is 9.09. The van der Waals surface area contributed by atoms with Gasteiger partial charge in [-0.25, -0.2) is 0 Å². The zero-order valence-electron chi connectivity index (χ0n) is 10.0. The first-order valence-electron chi connectivity index (χ1n) is 5.95. The Morgan fingerprint density at radius 2 is 2.00 bits per heavy atom. The quantitative estimate of drug-likeness (QED) is 0.610. The largest absolute Gasteiger partial charge is 0.493 e. The van der Waals surface area contributed by atoms with E-state index < -0.39 is 0 Å². The number of carbonyl (C=O) groups excluding carboxylic acids is 1. The van der Waals surface area contributed by atoms with E-state index in [1.807, 2.05) is 24.3 Å². The first-order valence-corrected chi connectivity index (χ1v) is 7.07. The fourth-order valence-electron chi connectivity index (χ4n) is 2.02. The molecule has 0 radical (unpaired) electrons. The van der Waals surface area contributed by atoms with Crippen LogP contribution < -0.4 is 4.74 Å². The van der Waals surface area contributed by atoms with Gasteiger partial charge < -0.3 is 4.74 Å². The summed E-state index contributed by atoms with van der Waals surface area (Å²) in [5, 5.41) is 1.01. The van der Waals surface area contributed by atoms with E-state index in [1.165, 1.54) is 19.3 Å². The number of halogens is 1. The maximum Gasteiger partial charge on any atom is 0.159 e. The molecular formula is C14H17BrO2. The molecule has 17 heavy (non-hydrogen) atoms. The Kier molecular flexibility index (Phi) is 3.87. The Balaban J connectivity index is 1.93. The van der Waals surface area contributed by atoms with Crippen LogP contribution in [0.25, 0.3) is 0 Å². The van der Waals surface area contributed by atoms with Crippen molar-refractivity contribution in [3.05, 3.63) is 29.8 Å². The summed E-state index contributed by atoms with van der Waals surface area (Å²) in [6, 6.07) is 7.38. The second-order valence-corrected chi connectivity index (χ2v) is 5.42. The van der Waals surface area contributed by atoms with E-state index >= 15 is 0 Å². The van der Waals surface area contributed by atoms with E-state index in [0.717, 1.165) is 23.2 Å². The monoisotopic (exact) mass is 296 g/mol. The molecule has 0 amide bonds. The summed E-state index contributed by atoms with van der Waals surface area (Å²) in [4.78, 5) is 11.1. The van der Waals surface area contributed by atoms with Crippen LogP contribution >= 0.6 is 15.9 Å². The number of ether oxygens (including phenoxy) is 1. The average Bonchev–Trinajstić information content (AvgIpc) is 2.29. The molecule has 0 bridgehead atoms. The van der Waals surface area contributed by atoms with Crippen LogP contribution in [0.1, 0.15) is 36.5 Å². The smallest absolute Gasteiger partial charge is 0.159 e. The molecule has 0 N–H and O–H groups in total. The lowest BCUT2D eigenvalue weighted by atomic mass is 9.71. The van der Waals surface area contributed by atoms with Crippen molar-refractivity contribution < 1.29 is 9.53 Å². The molecule has 1 saturated carbocycles. The second kappa shape index (κ2) is 5.21. The van der Waals surface area contributed by atoms with E-state index in [1.54, 1.807) is 6.92 Å². The zero-order valence-corrected chi connectivity index (χ0v) is 11.6. The number of carbonyl (C=O) groups is 1. The molecule has 0 spiro atoms. The normalized spacial score (nSPS) is 17.3. The Morgan fingerprint density at radius 1 is 1.35 bits per heavy atom. The van der Waals surface area contributed by atoms with Crippen molar-refractivity contribution in [2.75, 3.05) is 11.9 Å². The van der Waals surface area contributed by atoms with Crippen molar-refractivity contribution in [1.29, 1.82) is 0 Å². The van der Waals surface area contributed by atoms with Gasteiger partial charge in [0.2, 0.25) is 0 Å². The Bertz CT molecular complexity index is 388. The van der Waals surface area contributed by atoms with E-state index in [4.69, 9.17) is 4.74 Å². The van der Waals surface area contributed by atoms with Crippen molar-refractivity contribution in [2.45, 2.75) is 26.2 Å². The van der Waals surface area contributed by atoms with Gasteiger partial charge in [-0.3, -0.25) is 4.79 Å². The molecule has 0 aromatic heterocycles. The van der Waals surface area contributed by atoms with Crippen molar-refractivity contribution >= 4 is 21.7 Å². The summed E-state index contributed by atoms with van der Waals surface area (Å²) in [6.45, 7) is 2.34. The lowest BCUT2D eigenvalue weighted by molar-refractivity contribution is 0.0838. The number of ketones is 1. The fourth-order valence-corrected chi connectivity index (χ4v) is 2.74. The van der Waals surface area contributed by atoms with Crippen LogP contribution in [-0.2, 0) is 0 Å². The van der Waals surface area contributed by atoms with Crippen LogP contribution in [0.15, 0.2) is 24.3 Å². The van der Waals surface area contributed by atoms with Crippen molar-refractivity contribution in [3.8, 4) is 5.75 Å². The van der Waals surface area contributed by atoms with Gasteiger partial charge in [-0.2, -0.15) is 0 Å². The minimum Gasteiger partial charge on any atom is -0.493 e. The van der Waals surface area contributed by atoms with Crippen LogP contribution in [0.5, 0.6) is 5.75 Å². The molecule has 3 heteroatoms. The van der Waals surface area contributed by atoms with Crippen LogP contribution in [0.4, 0.5) is 0 Å². The summed E-state index contributed by atoms with van der Waals surface area (Å²) in [5.41, 5.74) is 1.07. The molecule has 1 aliphatic carbocycles. The van der Waals surface area contributed by atoms with Crippen LogP contribution in [0, 0.1) is 5.41 Å². The third-order valence-electron chi connectivity index (χ3n) is 3.50. The molecule has 0 atom stereocenters. The maximum atomic E-state index is 11.1. The fraction of sp³-hybridized carbons (Fsp3) is 0.500. The topological polar surface area (TPSA) is 26.3 Å². The van der Waals surface area contributed by atoms with Gasteiger partial charge in [-0.1, -0.05) is 22.4 Å². The van der Waals surface area contributed by atoms with Crippen molar-refractivity contribution in [2.24, 2.45) is 5.41 Å². The molecule has 0 heterocycles. The van der Waals surface area contributed by atoms with Gasteiger partial charge in [0.25, 0.3) is 0 Å². The van der Waals surface area contributed by atoms with Gasteiger partial charge in [-0.15, -0.1) is 0 Å². The molecule has 0 aliphatic heterocycles. The molecule has 1 aromatic rings. The molecule has 0 saturated heterocycles. The number of rotatable bonds is 5. The number of hydrogen-bond acceptors (Lipinski definition) is 2. The Hall–Kier alpha value is -0.830. The molecule has 1 aromatic carbocycles. The predicted molar refractivity (Wildman–Crippen MR) is 72.0 cm³/mol. The maximum absolute atomic E-state index is 11.1. The summed E-state index contributed by atoms with van der Waals surface area (Å²) >= 11 is 3.56. The molecule has 1 fully saturated rings. The second-order valence-electron chi connectivity index (χ2n) is 4.86. The van der Waals surface area contributed by atoms with E-state index in [0.29, 0.717) is 5.41 Å². The standard InChI is InChI=1S/C14H17BrO2/c1-11(16)12-3-5-13(6-4-12)17-10-14(9-15)7-2-8-14/h3-6H,2,7-10H2,1H3. The third kappa shape index (κ3) is 2.89. The van der Waals surface area contributed by atoms with Gasteiger partial charge in [0.05, 0.1) is 6.61 Å². The van der Waals surface area contributed by atoms with Crippen molar-refractivity contribution in [3.63, 3.8) is 0 Å². The minimum atomic E-state index is 0.0903. The first-order chi connectivity index (χ1) is 8.15. The highest BCUT2D eigenvalue weighted by Gasteiger charge is 2.36. The summed E-state index contributed by atoms with van der Waals surface area (Å²) < 4.78 is 5.80. The molecule has 2 nitrogen and oxygen atoms in total. The van der Waals surface area contributed by atoms with Crippen LogP contribution in [-0.4, -0.2) is 17.7 Å². The highest BCUT2D eigenvalue weighted by Crippen LogP contribution is 2.42. The van der Waals surface area contributed by atoms with Crippen molar-refractivity contribution in [1.82, 2.24) is 0 Å². The average molecular weight is 297 g/mol.